The maximum Gasteiger partial charge on any atom is 0.191 e. The summed E-state index contributed by atoms with van der Waals surface area (Å²) < 4.78 is 15.1. The summed E-state index contributed by atoms with van der Waals surface area (Å²) >= 11 is 0. The highest BCUT2D eigenvalue weighted by Gasteiger charge is 2.13. The van der Waals surface area contributed by atoms with Gasteiger partial charge in [0.2, 0.25) is 0 Å². The summed E-state index contributed by atoms with van der Waals surface area (Å²) in [6, 6.07) is 17.7. The van der Waals surface area contributed by atoms with Crippen molar-refractivity contribution in [3.05, 3.63) is 103 Å². The van der Waals surface area contributed by atoms with Crippen LogP contribution in [0.15, 0.2) is 90.5 Å². The quantitative estimate of drug-likeness (QED) is 0.275. The molecule has 33 heavy (non-hydrogen) atoms. The molecule has 1 N–H and O–H groups in total. The fraction of sp³-hybridized carbons (Fsp3) is 0.111. The molecule has 2 aromatic heterocycles. The number of rotatable bonds is 7. The number of fused-ring (bicyclic) bond motifs is 1. The van der Waals surface area contributed by atoms with Crippen molar-refractivity contribution in [2.45, 2.75) is 13.8 Å². The molecule has 0 spiro atoms. The van der Waals surface area contributed by atoms with Crippen molar-refractivity contribution in [2.24, 2.45) is 4.99 Å². The van der Waals surface area contributed by atoms with E-state index >= 15 is 4.39 Å². The number of aliphatic imine (C=N–C) groups is 1. The summed E-state index contributed by atoms with van der Waals surface area (Å²) in [4.78, 5) is 16.8. The number of aryl methyl sites for hydroxylation is 1. The van der Waals surface area contributed by atoms with Gasteiger partial charge in [-0.1, -0.05) is 48.6 Å². The van der Waals surface area contributed by atoms with Crippen molar-refractivity contribution in [3.63, 3.8) is 0 Å². The molecule has 0 aliphatic heterocycles. The molecule has 4 aromatic rings. The summed E-state index contributed by atoms with van der Waals surface area (Å²) in [6.45, 7) is 4.23. The monoisotopic (exact) mass is 437 g/mol. The van der Waals surface area contributed by atoms with Crippen LogP contribution in [0.2, 0.25) is 0 Å². The molecule has 0 saturated carbocycles. The number of nitrogens with zero attached hydrogens (tertiary/aromatic N) is 4. The van der Waals surface area contributed by atoms with Gasteiger partial charge in [-0.25, -0.2) is 14.4 Å². The Hall–Kier alpha value is -4.19. The Morgan fingerprint density at radius 3 is 2.70 bits per heavy atom. The minimum atomic E-state index is -0.487. The topological polar surface area (TPSA) is 63.1 Å². The summed E-state index contributed by atoms with van der Waals surface area (Å²) in [5.74, 6) is -0.347. The highest BCUT2D eigenvalue weighted by Crippen LogP contribution is 2.27. The van der Waals surface area contributed by atoms with E-state index in [4.69, 9.17) is 0 Å². The van der Waals surface area contributed by atoms with Gasteiger partial charge in [0, 0.05) is 29.9 Å². The van der Waals surface area contributed by atoms with Gasteiger partial charge in [0.05, 0.1) is 6.54 Å². The average molecular weight is 438 g/mol. The van der Waals surface area contributed by atoms with Crippen LogP contribution in [0.4, 0.5) is 10.2 Å². The molecule has 4 rings (SSSR count). The second-order valence-corrected chi connectivity index (χ2v) is 7.43. The van der Waals surface area contributed by atoms with Crippen LogP contribution in [0.1, 0.15) is 18.2 Å². The zero-order chi connectivity index (χ0) is 23.0. The normalized spacial score (nSPS) is 12.2. The molecule has 0 bridgehead atoms. The van der Waals surface area contributed by atoms with E-state index in [1.54, 1.807) is 18.6 Å². The number of hydrogen-bond acceptors (Lipinski definition) is 5. The largest absolute Gasteiger partial charge is 0.362 e. The number of pyridine rings is 1. The summed E-state index contributed by atoms with van der Waals surface area (Å²) in [7, 11) is 0. The zero-order valence-electron chi connectivity index (χ0n) is 18.5. The number of aromatic nitrogens is 3. The molecule has 0 amide bonds. The van der Waals surface area contributed by atoms with Crippen LogP contribution in [0.3, 0.4) is 0 Å². The van der Waals surface area contributed by atoms with E-state index < -0.39 is 5.82 Å². The van der Waals surface area contributed by atoms with Crippen LogP contribution >= 0.6 is 0 Å². The first-order valence-corrected chi connectivity index (χ1v) is 10.7. The van der Waals surface area contributed by atoms with E-state index in [0.29, 0.717) is 12.1 Å². The van der Waals surface area contributed by atoms with E-state index in [-0.39, 0.29) is 11.5 Å². The van der Waals surface area contributed by atoms with Gasteiger partial charge in [-0.15, -0.1) is 0 Å². The Morgan fingerprint density at radius 2 is 1.88 bits per heavy atom. The van der Waals surface area contributed by atoms with E-state index in [9.17, 15) is 0 Å². The van der Waals surface area contributed by atoms with Crippen LogP contribution in [0.5, 0.6) is 0 Å². The lowest BCUT2D eigenvalue weighted by Crippen LogP contribution is -2.08. The second-order valence-electron chi connectivity index (χ2n) is 7.43. The summed E-state index contributed by atoms with van der Waals surface area (Å²) in [6.07, 6.45) is 10.5. The predicted octanol–water partition coefficient (Wildman–Crippen LogP) is 6.24. The highest BCUT2D eigenvalue weighted by atomic mass is 19.1. The Kier molecular flexibility index (Phi) is 6.95. The van der Waals surface area contributed by atoms with Crippen molar-refractivity contribution in [2.75, 3.05) is 11.9 Å². The van der Waals surface area contributed by atoms with Crippen LogP contribution in [-0.4, -0.2) is 27.7 Å². The smallest absolute Gasteiger partial charge is 0.191 e. The molecule has 0 aliphatic rings. The third-order valence-electron chi connectivity index (χ3n) is 5.07. The summed E-state index contributed by atoms with van der Waals surface area (Å²) in [5, 5.41) is 5.11. The lowest BCUT2D eigenvalue weighted by Gasteiger charge is -2.08. The number of halogens is 1. The third-order valence-corrected chi connectivity index (χ3v) is 5.07. The maximum atomic E-state index is 15.1. The van der Waals surface area contributed by atoms with E-state index in [0.717, 1.165) is 27.6 Å². The van der Waals surface area contributed by atoms with Gasteiger partial charge in [-0.3, -0.25) is 9.98 Å². The van der Waals surface area contributed by atoms with Crippen LogP contribution in [-0.2, 0) is 0 Å². The number of hydrogen-bond donors (Lipinski definition) is 1. The molecule has 0 fully saturated rings. The van der Waals surface area contributed by atoms with Crippen molar-refractivity contribution in [1.29, 1.82) is 0 Å². The molecular weight excluding hydrogens is 413 g/mol. The Bertz CT molecular complexity index is 1360. The molecular formula is C27H24FN5. The number of allylic oxidation sites excluding steroid dienone is 3. The van der Waals surface area contributed by atoms with Crippen LogP contribution in [0.25, 0.3) is 27.6 Å². The molecule has 2 aromatic carbocycles. The van der Waals surface area contributed by atoms with E-state index in [2.05, 4.69) is 25.3 Å². The van der Waals surface area contributed by atoms with E-state index in [1.807, 2.05) is 80.6 Å². The van der Waals surface area contributed by atoms with Gasteiger partial charge in [0.1, 0.15) is 12.0 Å². The van der Waals surface area contributed by atoms with Crippen molar-refractivity contribution >= 4 is 28.4 Å². The zero-order valence-corrected chi connectivity index (χ0v) is 18.5. The molecule has 0 saturated heterocycles. The van der Waals surface area contributed by atoms with Crippen molar-refractivity contribution in [1.82, 2.24) is 15.0 Å². The number of benzene rings is 2. The Morgan fingerprint density at radius 1 is 1.03 bits per heavy atom. The SMILES string of the molecule is C\C=C/C(=C\N=C\CNc1ncnc(-c2ccc3ccccc3c2)c1F)c1ccnc(C)c1. The first-order chi connectivity index (χ1) is 16.2. The molecule has 0 aliphatic carbocycles. The highest BCUT2D eigenvalue weighted by molar-refractivity contribution is 5.87. The number of anilines is 1. The van der Waals surface area contributed by atoms with Gasteiger partial charge < -0.3 is 5.32 Å². The van der Waals surface area contributed by atoms with Crippen molar-refractivity contribution < 1.29 is 4.39 Å². The lowest BCUT2D eigenvalue weighted by molar-refractivity contribution is 0.622. The molecule has 164 valence electrons. The summed E-state index contributed by atoms with van der Waals surface area (Å²) in [5.41, 5.74) is 3.91. The van der Waals surface area contributed by atoms with Crippen LogP contribution < -0.4 is 5.32 Å². The van der Waals surface area contributed by atoms with Gasteiger partial charge in [-0.05, 0) is 54.0 Å². The average Bonchev–Trinajstić information content (AvgIpc) is 2.84. The minimum Gasteiger partial charge on any atom is -0.362 e. The van der Waals surface area contributed by atoms with Gasteiger partial charge in [0.25, 0.3) is 0 Å². The fourth-order valence-corrected chi connectivity index (χ4v) is 3.48. The standard InChI is InChI=1S/C27H24FN5/c1-3-6-24(22-11-12-30-19(2)15-22)17-29-13-14-31-27-25(28)26(32-18-33-27)23-10-9-20-7-4-5-8-21(20)16-23/h3-13,15-18H,14H2,1-2H3,(H,31,32,33)/b6-3-,24-17+,29-13+. The van der Waals surface area contributed by atoms with Gasteiger partial charge >= 0.3 is 0 Å². The van der Waals surface area contributed by atoms with Gasteiger partial charge in [0.15, 0.2) is 11.6 Å². The fourth-order valence-electron chi connectivity index (χ4n) is 3.48. The molecule has 5 nitrogen and oxygen atoms in total. The number of nitrogens with one attached hydrogen (secondary N) is 1. The molecule has 2 heterocycles. The second kappa shape index (κ2) is 10.4. The predicted molar refractivity (Wildman–Crippen MR) is 134 cm³/mol. The Labute approximate surface area is 192 Å². The molecule has 0 radical (unpaired) electrons. The lowest BCUT2D eigenvalue weighted by atomic mass is 10.0. The van der Waals surface area contributed by atoms with Crippen molar-refractivity contribution in [3.8, 4) is 11.3 Å². The Balaban J connectivity index is 1.48. The minimum absolute atomic E-state index is 0.141. The third kappa shape index (κ3) is 5.36. The van der Waals surface area contributed by atoms with Gasteiger partial charge in [-0.2, -0.15) is 0 Å². The maximum absolute atomic E-state index is 15.1. The first-order valence-electron chi connectivity index (χ1n) is 10.7. The van der Waals surface area contributed by atoms with E-state index in [1.165, 1.54) is 6.33 Å². The molecule has 0 atom stereocenters. The van der Waals surface area contributed by atoms with Crippen LogP contribution in [0, 0.1) is 12.7 Å². The molecule has 6 heteroatoms. The first kappa shape index (κ1) is 22.0. The molecule has 0 unspecified atom stereocenters.